The number of piperazine rings is 1. The molecule has 0 saturated carbocycles. The molecule has 0 bridgehead atoms. The maximum absolute atomic E-state index is 13.0. The number of amides is 2. The van der Waals surface area contributed by atoms with E-state index in [1.807, 2.05) is 32.6 Å². The van der Waals surface area contributed by atoms with Gasteiger partial charge in [0.1, 0.15) is 5.75 Å². The van der Waals surface area contributed by atoms with Crippen LogP contribution in [-0.2, 0) is 4.79 Å². The van der Waals surface area contributed by atoms with Gasteiger partial charge < -0.3 is 14.5 Å². The van der Waals surface area contributed by atoms with E-state index in [-0.39, 0.29) is 17.7 Å². The van der Waals surface area contributed by atoms with Crippen molar-refractivity contribution in [3.63, 3.8) is 0 Å². The van der Waals surface area contributed by atoms with Crippen LogP contribution in [0.3, 0.4) is 0 Å². The number of methoxy groups -OCH3 is 1. The van der Waals surface area contributed by atoms with Crippen molar-refractivity contribution in [3.05, 3.63) is 27.8 Å². The topological polar surface area (TPSA) is 49.9 Å². The van der Waals surface area contributed by atoms with Gasteiger partial charge in [0.25, 0.3) is 5.91 Å². The molecule has 1 fully saturated rings. The number of nitrogens with zero attached hydrogens (tertiary/aromatic N) is 2. The van der Waals surface area contributed by atoms with Gasteiger partial charge in [-0.25, -0.2) is 0 Å². The van der Waals surface area contributed by atoms with E-state index in [9.17, 15) is 9.59 Å². The van der Waals surface area contributed by atoms with Crippen LogP contribution in [0.4, 0.5) is 0 Å². The van der Waals surface area contributed by atoms with Gasteiger partial charge in [-0.05, 0) is 31.0 Å². The molecule has 6 heteroatoms. The monoisotopic (exact) mass is 352 g/mol. The standard InChI is InChI=1S/C18H25ClN2O3/c1-11(2)17(22)20-6-8-21(9-7-20)18(23)15-13(4)16(19)12(3)10-14(15)24-5/h10-11H,6-9H2,1-5H3. The SMILES string of the molecule is COc1cc(C)c(Cl)c(C)c1C(=O)N1CCN(C(=O)C(C)C)CC1. The van der Waals surface area contributed by atoms with E-state index in [0.717, 1.165) is 11.1 Å². The van der Waals surface area contributed by atoms with E-state index >= 15 is 0 Å². The molecule has 24 heavy (non-hydrogen) atoms. The first-order chi connectivity index (χ1) is 11.3. The second-order valence-electron chi connectivity index (χ2n) is 6.48. The summed E-state index contributed by atoms with van der Waals surface area (Å²) in [6.07, 6.45) is 0. The number of aryl methyl sites for hydroxylation is 1. The zero-order chi connectivity index (χ0) is 18.0. The third kappa shape index (κ3) is 3.51. The Morgan fingerprint density at radius 3 is 2.17 bits per heavy atom. The molecule has 0 aliphatic carbocycles. The molecular formula is C18H25ClN2O3. The minimum absolute atomic E-state index is 0.0227. The second-order valence-corrected chi connectivity index (χ2v) is 6.86. The van der Waals surface area contributed by atoms with Crippen LogP contribution >= 0.6 is 11.6 Å². The van der Waals surface area contributed by atoms with Gasteiger partial charge in [0.15, 0.2) is 0 Å². The van der Waals surface area contributed by atoms with Gasteiger partial charge in [0, 0.05) is 37.1 Å². The van der Waals surface area contributed by atoms with Crippen molar-refractivity contribution < 1.29 is 14.3 Å². The van der Waals surface area contributed by atoms with Crippen LogP contribution in [0.25, 0.3) is 0 Å². The molecule has 0 atom stereocenters. The first-order valence-corrected chi connectivity index (χ1v) is 8.57. The number of rotatable bonds is 3. The lowest BCUT2D eigenvalue weighted by molar-refractivity contribution is -0.135. The molecule has 1 aliphatic heterocycles. The highest BCUT2D eigenvalue weighted by Crippen LogP contribution is 2.32. The van der Waals surface area contributed by atoms with E-state index in [2.05, 4.69) is 0 Å². The molecule has 1 aromatic carbocycles. The van der Waals surface area contributed by atoms with E-state index in [4.69, 9.17) is 16.3 Å². The summed E-state index contributed by atoms with van der Waals surface area (Å²) in [4.78, 5) is 28.6. The smallest absolute Gasteiger partial charge is 0.258 e. The molecule has 0 N–H and O–H groups in total. The zero-order valence-electron chi connectivity index (χ0n) is 15.0. The van der Waals surface area contributed by atoms with Crippen LogP contribution in [0.1, 0.15) is 35.3 Å². The van der Waals surface area contributed by atoms with E-state index in [1.54, 1.807) is 18.1 Å². The molecule has 5 nitrogen and oxygen atoms in total. The third-order valence-corrected chi connectivity index (χ3v) is 5.03. The highest BCUT2D eigenvalue weighted by Gasteiger charge is 2.29. The Balaban J connectivity index is 2.20. The van der Waals surface area contributed by atoms with Gasteiger partial charge in [0.05, 0.1) is 12.7 Å². The second kappa shape index (κ2) is 7.43. The van der Waals surface area contributed by atoms with E-state index < -0.39 is 0 Å². The zero-order valence-corrected chi connectivity index (χ0v) is 15.7. The number of halogens is 1. The van der Waals surface area contributed by atoms with Crippen molar-refractivity contribution in [1.82, 2.24) is 9.80 Å². The Labute approximate surface area is 148 Å². The molecule has 0 unspecified atom stereocenters. The number of carbonyl (C=O) groups is 2. The van der Waals surface area contributed by atoms with Crippen molar-refractivity contribution in [3.8, 4) is 5.75 Å². The molecule has 0 spiro atoms. The fraction of sp³-hybridized carbons (Fsp3) is 0.556. The summed E-state index contributed by atoms with van der Waals surface area (Å²) >= 11 is 6.32. The molecule has 0 aromatic heterocycles. The number of benzene rings is 1. The lowest BCUT2D eigenvalue weighted by Gasteiger charge is -2.36. The van der Waals surface area contributed by atoms with Crippen LogP contribution in [0.5, 0.6) is 5.75 Å². The predicted molar refractivity (Wildman–Crippen MR) is 94.8 cm³/mol. The molecule has 1 aliphatic rings. The van der Waals surface area contributed by atoms with Gasteiger partial charge >= 0.3 is 0 Å². The largest absolute Gasteiger partial charge is 0.496 e. The van der Waals surface area contributed by atoms with Crippen LogP contribution in [0, 0.1) is 19.8 Å². The molecule has 1 saturated heterocycles. The fourth-order valence-corrected chi connectivity index (χ4v) is 3.15. The summed E-state index contributed by atoms with van der Waals surface area (Å²) in [6.45, 7) is 9.67. The average molecular weight is 353 g/mol. The minimum atomic E-state index is -0.0945. The number of hydrogen-bond acceptors (Lipinski definition) is 3. The molecule has 132 valence electrons. The van der Waals surface area contributed by atoms with Crippen LogP contribution in [0.2, 0.25) is 5.02 Å². The fourth-order valence-electron chi connectivity index (χ4n) is 3.00. The predicted octanol–water partition coefficient (Wildman–Crippen LogP) is 2.91. The molecule has 1 heterocycles. The maximum atomic E-state index is 13.0. The van der Waals surface area contributed by atoms with Gasteiger partial charge in [-0.2, -0.15) is 0 Å². The van der Waals surface area contributed by atoms with Crippen LogP contribution < -0.4 is 4.74 Å². The Morgan fingerprint density at radius 2 is 1.67 bits per heavy atom. The Morgan fingerprint density at radius 1 is 1.12 bits per heavy atom. The van der Waals surface area contributed by atoms with Crippen LogP contribution in [0.15, 0.2) is 6.07 Å². The average Bonchev–Trinajstić information content (AvgIpc) is 2.58. The summed E-state index contributed by atoms with van der Waals surface area (Å²) < 4.78 is 5.39. The maximum Gasteiger partial charge on any atom is 0.258 e. The summed E-state index contributed by atoms with van der Waals surface area (Å²) in [7, 11) is 1.55. The summed E-state index contributed by atoms with van der Waals surface area (Å²) in [5.74, 6) is 0.558. The van der Waals surface area contributed by atoms with Crippen molar-refractivity contribution in [2.24, 2.45) is 5.92 Å². The highest BCUT2D eigenvalue weighted by atomic mass is 35.5. The number of carbonyl (C=O) groups excluding carboxylic acids is 2. The van der Waals surface area contributed by atoms with Crippen molar-refractivity contribution in [2.75, 3.05) is 33.3 Å². The summed E-state index contributed by atoms with van der Waals surface area (Å²) in [5, 5.41) is 0.591. The minimum Gasteiger partial charge on any atom is -0.496 e. The van der Waals surface area contributed by atoms with Crippen molar-refractivity contribution >= 4 is 23.4 Å². The van der Waals surface area contributed by atoms with Crippen molar-refractivity contribution in [2.45, 2.75) is 27.7 Å². The summed E-state index contributed by atoms with van der Waals surface area (Å²) in [5.41, 5.74) is 2.13. The number of ether oxygens (including phenoxy) is 1. The first-order valence-electron chi connectivity index (χ1n) is 8.19. The van der Waals surface area contributed by atoms with Gasteiger partial charge in [-0.15, -0.1) is 0 Å². The highest BCUT2D eigenvalue weighted by molar-refractivity contribution is 6.32. The quantitative estimate of drug-likeness (QED) is 0.840. The number of hydrogen-bond donors (Lipinski definition) is 0. The Kier molecular flexibility index (Phi) is 5.75. The molecule has 2 rings (SSSR count). The Hall–Kier alpha value is -1.75. The Bertz CT molecular complexity index is 650. The lowest BCUT2D eigenvalue weighted by Crippen LogP contribution is -2.51. The lowest BCUT2D eigenvalue weighted by atomic mass is 10.0. The van der Waals surface area contributed by atoms with E-state index in [1.165, 1.54) is 0 Å². The van der Waals surface area contributed by atoms with Crippen LogP contribution in [-0.4, -0.2) is 54.9 Å². The molecular weight excluding hydrogens is 328 g/mol. The van der Waals surface area contributed by atoms with E-state index in [0.29, 0.717) is 42.5 Å². The molecule has 0 radical (unpaired) electrons. The third-order valence-electron chi connectivity index (χ3n) is 4.45. The normalized spacial score (nSPS) is 15.0. The van der Waals surface area contributed by atoms with Gasteiger partial charge in [0.2, 0.25) is 5.91 Å². The first kappa shape index (κ1) is 18.6. The van der Waals surface area contributed by atoms with Gasteiger partial charge in [-0.1, -0.05) is 25.4 Å². The summed E-state index contributed by atoms with van der Waals surface area (Å²) in [6, 6.07) is 1.79. The molecule has 2 amide bonds. The van der Waals surface area contributed by atoms with Gasteiger partial charge in [-0.3, -0.25) is 9.59 Å². The molecule has 1 aromatic rings. The van der Waals surface area contributed by atoms with Crippen molar-refractivity contribution in [1.29, 1.82) is 0 Å².